The van der Waals surface area contributed by atoms with Crippen molar-refractivity contribution in [1.82, 2.24) is 0 Å². The van der Waals surface area contributed by atoms with Gasteiger partial charge in [0.25, 0.3) is 5.69 Å². The molecular weight excluding hydrogens is 302 g/mol. The van der Waals surface area contributed by atoms with Crippen molar-refractivity contribution in [3.05, 3.63) is 62.7 Å². The summed E-state index contributed by atoms with van der Waals surface area (Å²) >= 11 is 1.76. The molecule has 2 N–H and O–H groups in total. The lowest BCUT2D eigenvalue weighted by molar-refractivity contribution is -0.384. The summed E-state index contributed by atoms with van der Waals surface area (Å²) in [5, 5.41) is 20.4. The van der Waals surface area contributed by atoms with Gasteiger partial charge in [0.1, 0.15) is 17.4 Å². The molecule has 1 aromatic rings. The van der Waals surface area contributed by atoms with Crippen molar-refractivity contribution in [3.63, 3.8) is 0 Å². The topological polar surface area (TPSA) is 102 Å². The van der Waals surface area contributed by atoms with Crippen LogP contribution in [0.2, 0.25) is 0 Å². The molecule has 112 valence electrons. The van der Waals surface area contributed by atoms with Gasteiger partial charge in [-0.1, -0.05) is 12.1 Å². The number of rotatable bonds is 2. The van der Waals surface area contributed by atoms with E-state index < -0.39 is 4.92 Å². The minimum Gasteiger partial charge on any atom is -0.445 e. The van der Waals surface area contributed by atoms with Gasteiger partial charge >= 0.3 is 0 Å². The van der Waals surface area contributed by atoms with Crippen molar-refractivity contribution in [1.29, 1.82) is 5.26 Å². The van der Waals surface area contributed by atoms with Crippen LogP contribution in [0.5, 0.6) is 0 Å². The lowest BCUT2D eigenvalue weighted by atomic mass is 9.83. The van der Waals surface area contributed by atoms with Crippen LogP contribution in [0.4, 0.5) is 5.69 Å². The first-order chi connectivity index (χ1) is 10.6. The minimum absolute atomic E-state index is 0.00506. The molecule has 0 saturated carbocycles. The molecule has 22 heavy (non-hydrogen) atoms. The summed E-state index contributed by atoms with van der Waals surface area (Å²) < 4.78 is 5.59. The number of nitro benzene ring substituents is 1. The Morgan fingerprint density at radius 2 is 2.32 bits per heavy atom. The Balaban J connectivity index is 2.13. The molecule has 0 saturated heterocycles. The highest BCUT2D eigenvalue weighted by Gasteiger charge is 2.34. The molecule has 2 aliphatic heterocycles. The maximum absolute atomic E-state index is 11.0. The van der Waals surface area contributed by atoms with Crippen LogP contribution in [0.3, 0.4) is 0 Å². The third kappa shape index (κ3) is 2.42. The molecule has 1 aromatic carbocycles. The summed E-state index contributed by atoms with van der Waals surface area (Å²) in [5.74, 6) is 2.22. The largest absolute Gasteiger partial charge is 0.445 e. The number of nitrogens with two attached hydrogens (primary N) is 1. The third-order valence-corrected chi connectivity index (χ3v) is 4.77. The van der Waals surface area contributed by atoms with E-state index in [-0.39, 0.29) is 17.5 Å². The van der Waals surface area contributed by atoms with E-state index in [2.05, 4.69) is 6.07 Å². The maximum Gasteiger partial charge on any atom is 0.269 e. The van der Waals surface area contributed by atoms with Crippen LogP contribution >= 0.6 is 11.8 Å². The zero-order chi connectivity index (χ0) is 15.7. The predicted molar refractivity (Wildman–Crippen MR) is 82.7 cm³/mol. The molecule has 6 nitrogen and oxygen atoms in total. The van der Waals surface area contributed by atoms with Gasteiger partial charge in [0, 0.05) is 36.0 Å². The van der Waals surface area contributed by atoms with Gasteiger partial charge in [0.2, 0.25) is 5.88 Å². The summed E-state index contributed by atoms with van der Waals surface area (Å²) in [6.45, 7) is 0. The van der Waals surface area contributed by atoms with Gasteiger partial charge in [-0.3, -0.25) is 10.1 Å². The van der Waals surface area contributed by atoms with Crippen LogP contribution in [0.15, 0.2) is 47.1 Å². The number of nitriles is 1. The van der Waals surface area contributed by atoms with E-state index in [1.165, 1.54) is 12.1 Å². The number of hydrogen-bond donors (Lipinski definition) is 1. The fraction of sp³-hybridized carbons (Fsp3) is 0.267. The second-order valence-corrected chi connectivity index (χ2v) is 6.13. The molecule has 0 aliphatic carbocycles. The monoisotopic (exact) mass is 315 g/mol. The van der Waals surface area contributed by atoms with Gasteiger partial charge < -0.3 is 10.5 Å². The van der Waals surface area contributed by atoms with E-state index in [0.29, 0.717) is 11.1 Å². The summed E-state index contributed by atoms with van der Waals surface area (Å²) in [5.41, 5.74) is 7.90. The van der Waals surface area contributed by atoms with Gasteiger partial charge in [-0.25, -0.2) is 0 Å². The first kappa shape index (κ1) is 14.5. The molecule has 0 radical (unpaired) electrons. The van der Waals surface area contributed by atoms with Gasteiger partial charge in [-0.15, -0.1) is 0 Å². The third-order valence-electron chi connectivity index (χ3n) is 3.76. The molecule has 1 unspecified atom stereocenters. The van der Waals surface area contributed by atoms with Crippen molar-refractivity contribution in [3.8, 4) is 6.07 Å². The second kappa shape index (κ2) is 5.73. The summed E-state index contributed by atoms with van der Waals surface area (Å²) in [6, 6.07) is 8.46. The minimum atomic E-state index is -0.438. The molecule has 0 fully saturated rings. The summed E-state index contributed by atoms with van der Waals surface area (Å²) in [4.78, 5) is 10.6. The van der Waals surface area contributed by atoms with Gasteiger partial charge in [-0.2, -0.15) is 17.0 Å². The van der Waals surface area contributed by atoms with E-state index in [1.54, 1.807) is 23.9 Å². The maximum atomic E-state index is 11.0. The van der Waals surface area contributed by atoms with Crippen LogP contribution in [-0.4, -0.2) is 16.4 Å². The lowest BCUT2D eigenvalue weighted by Crippen LogP contribution is -2.24. The van der Waals surface area contributed by atoms with E-state index >= 15 is 0 Å². The highest BCUT2D eigenvalue weighted by molar-refractivity contribution is 7.99. The highest BCUT2D eigenvalue weighted by atomic mass is 32.2. The molecule has 0 amide bonds. The fourth-order valence-electron chi connectivity index (χ4n) is 2.76. The Morgan fingerprint density at radius 3 is 3.05 bits per heavy atom. The zero-order valence-electron chi connectivity index (χ0n) is 11.6. The van der Waals surface area contributed by atoms with Crippen LogP contribution in [-0.2, 0) is 4.74 Å². The molecule has 1 atom stereocenters. The Kier molecular flexibility index (Phi) is 3.77. The van der Waals surface area contributed by atoms with Crippen molar-refractivity contribution >= 4 is 17.4 Å². The number of hydrogen-bond acceptors (Lipinski definition) is 6. The van der Waals surface area contributed by atoms with Crippen LogP contribution in [0.1, 0.15) is 17.9 Å². The zero-order valence-corrected chi connectivity index (χ0v) is 12.4. The predicted octanol–water partition coefficient (Wildman–Crippen LogP) is 2.79. The first-order valence-electron chi connectivity index (χ1n) is 6.73. The standard InChI is InChI=1S/C15H13N3O3S/c16-7-11-14(9-2-1-3-10(6-9)18(19)20)12-8-22-5-4-13(12)21-15(11)17/h1-3,6,14H,4-5,8,17H2. The Bertz CT molecular complexity index is 749. The fourth-order valence-corrected chi connectivity index (χ4v) is 3.78. The van der Waals surface area contributed by atoms with E-state index in [9.17, 15) is 15.4 Å². The van der Waals surface area contributed by atoms with Crippen LogP contribution in [0, 0.1) is 21.4 Å². The van der Waals surface area contributed by atoms with E-state index in [4.69, 9.17) is 10.5 Å². The summed E-state index contributed by atoms with van der Waals surface area (Å²) in [6.07, 6.45) is 0.755. The van der Waals surface area contributed by atoms with Crippen LogP contribution < -0.4 is 5.73 Å². The van der Waals surface area contributed by atoms with Crippen molar-refractivity contribution in [2.75, 3.05) is 11.5 Å². The molecule has 3 rings (SSSR count). The Hall–Kier alpha value is -2.46. The van der Waals surface area contributed by atoms with Crippen molar-refractivity contribution in [2.24, 2.45) is 5.73 Å². The quantitative estimate of drug-likeness (QED) is 0.665. The smallest absolute Gasteiger partial charge is 0.269 e. The van der Waals surface area contributed by atoms with Crippen molar-refractivity contribution < 1.29 is 9.66 Å². The Labute approximate surface area is 131 Å². The Morgan fingerprint density at radius 1 is 1.50 bits per heavy atom. The molecule has 7 heteroatoms. The van der Waals surface area contributed by atoms with Crippen molar-refractivity contribution in [2.45, 2.75) is 12.3 Å². The highest BCUT2D eigenvalue weighted by Crippen LogP contribution is 2.44. The van der Waals surface area contributed by atoms with Gasteiger partial charge in [-0.05, 0) is 11.1 Å². The molecular formula is C15H13N3O3S. The SMILES string of the molecule is N#CC1=C(N)OC2=C(CSCC2)C1c1cccc([N+](=O)[O-])c1. The number of thioether (sulfide) groups is 1. The number of allylic oxidation sites excluding steroid dienone is 2. The normalized spacial score (nSPS) is 21.0. The number of nitrogens with zero attached hydrogens (tertiary/aromatic N) is 2. The molecule has 0 aromatic heterocycles. The van der Waals surface area contributed by atoms with E-state index in [1.807, 2.05) is 0 Å². The molecule has 0 bridgehead atoms. The average molecular weight is 315 g/mol. The molecule has 2 heterocycles. The number of benzene rings is 1. The van der Waals surface area contributed by atoms with E-state index in [0.717, 1.165) is 29.3 Å². The van der Waals surface area contributed by atoms with Gasteiger partial charge in [0.15, 0.2) is 0 Å². The van der Waals surface area contributed by atoms with Crippen LogP contribution in [0.25, 0.3) is 0 Å². The molecule has 2 aliphatic rings. The number of nitro groups is 1. The lowest BCUT2D eigenvalue weighted by Gasteiger charge is -2.31. The van der Waals surface area contributed by atoms with Gasteiger partial charge in [0.05, 0.1) is 4.92 Å². The second-order valence-electron chi connectivity index (χ2n) is 5.03. The molecule has 0 spiro atoms. The number of ether oxygens (including phenoxy) is 1. The first-order valence-corrected chi connectivity index (χ1v) is 7.89. The summed E-state index contributed by atoms with van der Waals surface area (Å²) in [7, 11) is 0. The average Bonchev–Trinajstić information content (AvgIpc) is 2.53. The number of non-ortho nitro benzene ring substituents is 1.